The molecule has 4 heteroatoms. The molecule has 3 heterocycles. The number of hydrogen-bond acceptors (Lipinski definition) is 1. The molecule has 2 aromatic rings. The SMILES string of the molecule is Fc1cc(F)c2c3c([nH]c2c1)C1CCCN(CC3)C1. The largest absolute Gasteiger partial charge is 0.358 e. The van der Waals surface area contributed by atoms with Crippen LogP contribution in [0.1, 0.15) is 30.0 Å². The van der Waals surface area contributed by atoms with E-state index in [2.05, 4.69) is 9.88 Å². The maximum Gasteiger partial charge on any atom is 0.135 e. The molecule has 100 valence electrons. The van der Waals surface area contributed by atoms with Gasteiger partial charge in [0, 0.05) is 36.2 Å². The Kier molecular flexibility index (Phi) is 2.42. The Labute approximate surface area is 110 Å². The van der Waals surface area contributed by atoms with E-state index in [9.17, 15) is 8.78 Å². The third-order valence-electron chi connectivity index (χ3n) is 4.54. The lowest BCUT2D eigenvalue weighted by molar-refractivity contribution is 0.217. The number of aromatic amines is 1. The van der Waals surface area contributed by atoms with Gasteiger partial charge in [0.05, 0.1) is 5.52 Å². The minimum atomic E-state index is -0.508. The molecule has 1 aromatic heterocycles. The standard InChI is InChI=1S/C15H16F2N2/c16-10-6-12(17)14-11-3-5-19-4-1-2-9(8-19)15(11)18-13(14)7-10/h6-7,9,18H,1-5,8H2. The van der Waals surface area contributed by atoms with Crippen LogP contribution in [0.5, 0.6) is 0 Å². The Balaban J connectivity index is 1.95. The van der Waals surface area contributed by atoms with Crippen LogP contribution < -0.4 is 0 Å². The molecule has 1 saturated heterocycles. The van der Waals surface area contributed by atoms with Gasteiger partial charge < -0.3 is 9.88 Å². The molecule has 2 aliphatic rings. The molecule has 2 unspecified atom stereocenters. The average molecular weight is 262 g/mol. The fourth-order valence-corrected chi connectivity index (χ4v) is 3.71. The van der Waals surface area contributed by atoms with Crippen LogP contribution >= 0.6 is 0 Å². The van der Waals surface area contributed by atoms with Crippen molar-refractivity contribution in [2.45, 2.75) is 25.2 Å². The molecule has 0 aliphatic carbocycles. The molecule has 2 atom stereocenters. The Hall–Kier alpha value is -1.42. The quantitative estimate of drug-likeness (QED) is 0.772. The number of aromatic nitrogens is 1. The number of fused-ring (bicyclic) bond motifs is 6. The van der Waals surface area contributed by atoms with E-state index in [4.69, 9.17) is 0 Å². The van der Waals surface area contributed by atoms with Gasteiger partial charge in [-0.1, -0.05) is 0 Å². The molecule has 1 aromatic carbocycles. The second-order valence-electron chi connectivity index (χ2n) is 5.72. The first kappa shape index (κ1) is 11.4. The maximum absolute atomic E-state index is 14.1. The summed E-state index contributed by atoms with van der Waals surface area (Å²) in [5.74, 6) is -0.494. The molecular formula is C15H16F2N2. The smallest absolute Gasteiger partial charge is 0.135 e. The van der Waals surface area contributed by atoms with Crippen LogP contribution in [0.4, 0.5) is 8.78 Å². The number of nitrogens with one attached hydrogen (secondary N) is 1. The summed E-state index contributed by atoms with van der Waals surface area (Å²) in [5.41, 5.74) is 2.82. The number of H-pyrrole nitrogens is 1. The van der Waals surface area contributed by atoms with Gasteiger partial charge in [0.25, 0.3) is 0 Å². The molecular weight excluding hydrogens is 246 g/mol. The predicted octanol–water partition coefficient (Wildman–Crippen LogP) is 3.18. The zero-order chi connectivity index (χ0) is 13.0. The highest BCUT2D eigenvalue weighted by atomic mass is 19.1. The van der Waals surface area contributed by atoms with Gasteiger partial charge in [0.2, 0.25) is 0 Å². The van der Waals surface area contributed by atoms with Crippen LogP contribution in [0.15, 0.2) is 12.1 Å². The number of nitrogens with zero attached hydrogens (tertiary/aromatic N) is 1. The van der Waals surface area contributed by atoms with Crippen molar-refractivity contribution in [2.24, 2.45) is 0 Å². The van der Waals surface area contributed by atoms with Crippen molar-refractivity contribution in [1.29, 1.82) is 0 Å². The van der Waals surface area contributed by atoms with Gasteiger partial charge >= 0.3 is 0 Å². The molecule has 2 nitrogen and oxygen atoms in total. The van der Waals surface area contributed by atoms with Crippen LogP contribution in [0.3, 0.4) is 0 Å². The molecule has 1 fully saturated rings. The minimum absolute atomic E-state index is 0.432. The minimum Gasteiger partial charge on any atom is -0.358 e. The van der Waals surface area contributed by atoms with Crippen LogP contribution in [-0.4, -0.2) is 29.5 Å². The predicted molar refractivity (Wildman–Crippen MR) is 70.3 cm³/mol. The summed E-state index contributed by atoms with van der Waals surface area (Å²) in [4.78, 5) is 5.74. The van der Waals surface area contributed by atoms with E-state index in [1.54, 1.807) is 0 Å². The molecule has 0 amide bonds. The topological polar surface area (TPSA) is 19.0 Å². The van der Waals surface area contributed by atoms with E-state index in [1.807, 2.05) is 0 Å². The molecule has 0 radical (unpaired) electrons. The molecule has 1 N–H and O–H groups in total. The van der Waals surface area contributed by atoms with Gasteiger partial charge in [-0.15, -0.1) is 0 Å². The van der Waals surface area contributed by atoms with Gasteiger partial charge in [-0.3, -0.25) is 0 Å². The second-order valence-corrected chi connectivity index (χ2v) is 5.72. The van der Waals surface area contributed by atoms with E-state index in [0.717, 1.165) is 49.8 Å². The van der Waals surface area contributed by atoms with E-state index >= 15 is 0 Å². The van der Waals surface area contributed by atoms with Gasteiger partial charge in [-0.05, 0) is 37.4 Å². The average Bonchev–Trinajstić information content (AvgIpc) is 2.70. The molecule has 0 spiro atoms. The highest BCUT2D eigenvalue weighted by molar-refractivity contribution is 5.85. The van der Waals surface area contributed by atoms with Crippen LogP contribution in [0.25, 0.3) is 10.9 Å². The Morgan fingerprint density at radius 2 is 2.11 bits per heavy atom. The van der Waals surface area contributed by atoms with Gasteiger partial charge in [-0.2, -0.15) is 0 Å². The van der Waals surface area contributed by atoms with Crippen molar-refractivity contribution >= 4 is 10.9 Å². The molecule has 2 aliphatic heterocycles. The number of halogens is 2. The van der Waals surface area contributed by atoms with Gasteiger partial charge in [0.1, 0.15) is 11.6 Å². The summed E-state index contributed by atoms with van der Waals surface area (Å²) in [7, 11) is 0. The lowest BCUT2D eigenvalue weighted by Crippen LogP contribution is -2.33. The van der Waals surface area contributed by atoms with Crippen molar-refractivity contribution in [3.05, 3.63) is 35.0 Å². The Morgan fingerprint density at radius 3 is 3.00 bits per heavy atom. The molecule has 19 heavy (non-hydrogen) atoms. The van der Waals surface area contributed by atoms with Crippen molar-refractivity contribution in [1.82, 2.24) is 9.88 Å². The summed E-state index contributed by atoms with van der Waals surface area (Å²) >= 11 is 0. The lowest BCUT2D eigenvalue weighted by Gasteiger charge is -2.29. The highest BCUT2D eigenvalue weighted by Gasteiger charge is 2.29. The van der Waals surface area contributed by atoms with E-state index in [-0.39, 0.29) is 0 Å². The highest BCUT2D eigenvalue weighted by Crippen LogP contribution is 2.37. The Bertz CT molecular complexity index is 647. The van der Waals surface area contributed by atoms with E-state index in [1.165, 1.54) is 12.5 Å². The van der Waals surface area contributed by atoms with Gasteiger partial charge in [-0.25, -0.2) is 8.78 Å². The first-order valence-electron chi connectivity index (χ1n) is 6.94. The third-order valence-corrected chi connectivity index (χ3v) is 4.54. The number of piperidine rings is 1. The van der Waals surface area contributed by atoms with Crippen molar-refractivity contribution in [3.63, 3.8) is 0 Å². The fraction of sp³-hybridized carbons (Fsp3) is 0.467. The first-order valence-corrected chi connectivity index (χ1v) is 6.94. The normalized spacial score (nSPS) is 26.2. The van der Waals surface area contributed by atoms with Crippen LogP contribution in [0, 0.1) is 11.6 Å². The third kappa shape index (κ3) is 1.70. The second kappa shape index (κ2) is 4.04. The molecule has 4 rings (SSSR count). The zero-order valence-corrected chi connectivity index (χ0v) is 10.7. The van der Waals surface area contributed by atoms with Crippen molar-refractivity contribution in [3.8, 4) is 0 Å². The van der Waals surface area contributed by atoms with Crippen molar-refractivity contribution in [2.75, 3.05) is 19.6 Å². The number of benzene rings is 1. The monoisotopic (exact) mass is 262 g/mol. The summed E-state index contributed by atoms with van der Waals surface area (Å²) in [6.07, 6.45) is 3.19. The maximum atomic E-state index is 14.1. The van der Waals surface area contributed by atoms with E-state index < -0.39 is 11.6 Å². The summed E-state index contributed by atoms with van der Waals surface area (Å²) < 4.78 is 27.4. The van der Waals surface area contributed by atoms with Crippen LogP contribution in [0.2, 0.25) is 0 Å². The fourth-order valence-electron chi connectivity index (χ4n) is 3.71. The molecule has 2 bridgehead atoms. The zero-order valence-electron chi connectivity index (χ0n) is 10.7. The first-order chi connectivity index (χ1) is 9.22. The lowest BCUT2D eigenvalue weighted by atomic mass is 9.93. The molecule has 0 saturated carbocycles. The van der Waals surface area contributed by atoms with Crippen LogP contribution in [-0.2, 0) is 6.42 Å². The van der Waals surface area contributed by atoms with E-state index in [0.29, 0.717) is 16.8 Å². The summed E-state index contributed by atoms with van der Waals surface area (Å²) in [6.45, 7) is 3.17. The van der Waals surface area contributed by atoms with Gasteiger partial charge in [0.15, 0.2) is 0 Å². The summed E-state index contributed by atoms with van der Waals surface area (Å²) in [6, 6.07) is 2.40. The Morgan fingerprint density at radius 1 is 1.21 bits per heavy atom. The van der Waals surface area contributed by atoms with Crippen molar-refractivity contribution < 1.29 is 8.78 Å². The summed E-state index contributed by atoms with van der Waals surface area (Å²) in [5, 5.41) is 0.602. The number of rotatable bonds is 0. The number of hydrogen-bond donors (Lipinski definition) is 1.